The maximum atomic E-state index is 11.1. The molecule has 0 saturated heterocycles. The number of carbonyl (C=O) groups excluding carboxylic acids is 1. The van der Waals surface area contributed by atoms with Gasteiger partial charge in [-0.25, -0.2) is 4.98 Å². The van der Waals surface area contributed by atoms with Crippen LogP contribution in [0.25, 0.3) is 0 Å². The van der Waals surface area contributed by atoms with E-state index < -0.39 is 5.91 Å². The van der Waals surface area contributed by atoms with Crippen LogP contribution < -0.4 is 11.1 Å². The number of aromatic nitrogens is 1. The van der Waals surface area contributed by atoms with Crippen molar-refractivity contribution in [3.05, 3.63) is 63.9 Å². The van der Waals surface area contributed by atoms with Crippen LogP contribution in [0.3, 0.4) is 0 Å². The lowest BCUT2D eigenvalue weighted by Gasteiger charge is -2.06. The van der Waals surface area contributed by atoms with Gasteiger partial charge in [0.25, 0.3) is 0 Å². The number of rotatable bonds is 5. The van der Waals surface area contributed by atoms with Gasteiger partial charge in [0.1, 0.15) is 4.60 Å². The lowest BCUT2D eigenvalue weighted by molar-refractivity contribution is 0.1000. The van der Waals surface area contributed by atoms with Crippen LogP contribution in [0.1, 0.15) is 21.6 Å². The Morgan fingerprint density at radius 2 is 2.00 bits per heavy atom. The van der Waals surface area contributed by atoms with Gasteiger partial charge in [0.15, 0.2) is 0 Å². The molecule has 0 radical (unpaired) electrons. The van der Waals surface area contributed by atoms with Gasteiger partial charge < -0.3 is 11.1 Å². The highest BCUT2D eigenvalue weighted by Crippen LogP contribution is 2.07. The van der Waals surface area contributed by atoms with Crippen LogP contribution in [0, 0.1) is 0 Å². The third-order valence-electron chi connectivity index (χ3n) is 2.62. The SMILES string of the molecule is NC(=O)c1cccc(CNCc2cccc(Br)n2)c1. The number of nitrogens with zero attached hydrogens (tertiary/aromatic N) is 1. The number of primary amides is 1. The molecule has 0 aliphatic heterocycles. The van der Waals surface area contributed by atoms with Crippen molar-refractivity contribution in [2.45, 2.75) is 13.1 Å². The Balaban J connectivity index is 1.92. The molecule has 0 aliphatic carbocycles. The average Bonchev–Trinajstić information content (AvgIpc) is 2.39. The number of halogens is 1. The maximum absolute atomic E-state index is 11.1. The largest absolute Gasteiger partial charge is 0.366 e. The summed E-state index contributed by atoms with van der Waals surface area (Å²) in [5.74, 6) is -0.407. The molecule has 0 bridgehead atoms. The quantitative estimate of drug-likeness (QED) is 0.830. The predicted octanol–water partition coefficient (Wildman–Crippen LogP) is 2.23. The van der Waals surface area contributed by atoms with Crippen LogP contribution in [0.2, 0.25) is 0 Å². The number of nitrogens with two attached hydrogens (primary N) is 1. The Kier molecular flexibility index (Phi) is 4.65. The van der Waals surface area contributed by atoms with Gasteiger partial charge in [0.05, 0.1) is 5.69 Å². The fourth-order valence-corrected chi connectivity index (χ4v) is 2.10. The number of amides is 1. The topological polar surface area (TPSA) is 68.0 Å². The fourth-order valence-electron chi connectivity index (χ4n) is 1.72. The van der Waals surface area contributed by atoms with Gasteiger partial charge in [-0.3, -0.25) is 4.79 Å². The van der Waals surface area contributed by atoms with Crippen molar-refractivity contribution >= 4 is 21.8 Å². The Morgan fingerprint density at radius 1 is 1.21 bits per heavy atom. The molecular formula is C14H14BrN3O. The minimum Gasteiger partial charge on any atom is -0.366 e. The zero-order valence-corrected chi connectivity index (χ0v) is 11.9. The van der Waals surface area contributed by atoms with Crippen molar-refractivity contribution in [1.29, 1.82) is 0 Å². The number of nitrogens with one attached hydrogen (secondary N) is 1. The van der Waals surface area contributed by atoms with Crippen LogP contribution in [-0.2, 0) is 13.1 Å². The van der Waals surface area contributed by atoms with E-state index in [-0.39, 0.29) is 0 Å². The zero-order chi connectivity index (χ0) is 13.7. The summed E-state index contributed by atoms with van der Waals surface area (Å²) in [6.45, 7) is 1.33. The third kappa shape index (κ3) is 4.15. The van der Waals surface area contributed by atoms with Crippen molar-refractivity contribution in [2.75, 3.05) is 0 Å². The average molecular weight is 320 g/mol. The lowest BCUT2D eigenvalue weighted by atomic mass is 10.1. The Labute approximate surface area is 120 Å². The molecule has 1 aromatic heterocycles. The van der Waals surface area contributed by atoms with Gasteiger partial charge in [0, 0.05) is 18.7 Å². The first-order valence-corrected chi connectivity index (χ1v) is 6.65. The summed E-state index contributed by atoms with van der Waals surface area (Å²) in [5, 5.41) is 3.28. The highest BCUT2D eigenvalue weighted by molar-refractivity contribution is 9.10. The predicted molar refractivity (Wildman–Crippen MR) is 77.4 cm³/mol. The summed E-state index contributed by atoms with van der Waals surface area (Å²) in [7, 11) is 0. The molecule has 4 nitrogen and oxygen atoms in total. The van der Waals surface area contributed by atoms with E-state index in [9.17, 15) is 4.79 Å². The van der Waals surface area contributed by atoms with E-state index in [1.807, 2.05) is 30.3 Å². The molecule has 19 heavy (non-hydrogen) atoms. The van der Waals surface area contributed by atoms with Crippen LogP contribution in [0.15, 0.2) is 47.1 Å². The monoisotopic (exact) mass is 319 g/mol. The van der Waals surface area contributed by atoms with Gasteiger partial charge in [-0.2, -0.15) is 0 Å². The van der Waals surface area contributed by atoms with Crippen molar-refractivity contribution < 1.29 is 4.79 Å². The van der Waals surface area contributed by atoms with E-state index in [4.69, 9.17) is 5.73 Å². The molecule has 1 heterocycles. The van der Waals surface area contributed by atoms with Crippen molar-refractivity contribution in [2.24, 2.45) is 5.73 Å². The maximum Gasteiger partial charge on any atom is 0.248 e. The van der Waals surface area contributed by atoms with E-state index >= 15 is 0 Å². The number of hydrogen-bond acceptors (Lipinski definition) is 3. The number of hydrogen-bond donors (Lipinski definition) is 2. The normalized spacial score (nSPS) is 10.4. The lowest BCUT2D eigenvalue weighted by Crippen LogP contribution is -2.15. The fraction of sp³-hybridized carbons (Fsp3) is 0.143. The Morgan fingerprint density at radius 3 is 2.74 bits per heavy atom. The van der Waals surface area contributed by atoms with Crippen LogP contribution in [-0.4, -0.2) is 10.9 Å². The molecule has 0 aliphatic rings. The second-order valence-corrected chi connectivity index (χ2v) is 4.93. The first-order chi connectivity index (χ1) is 9.15. The standard InChI is InChI=1S/C14H14BrN3O/c15-13-6-2-5-12(18-13)9-17-8-10-3-1-4-11(7-10)14(16)19/h1-7,17H,8-9H2,(H2,16,19). The smallest absolute Gasteiger partial charge is 0.248 e. The molecule has 0 unspecified atom stereocenters. The van der Waals surface area contributed by atoms with Crippen LogP contribution in [0.4, 0.5) is 0 Å². The van der Waals surface area contributed by atoms with Gasteiger partial charge >= 0.3 is 0 Å². The first kappa shape index (κ1) is 13.7. The molecule has 98 valence electrons. The van der Waals surface area contributed by atoms with E-state index in [1.165, 1.54) is 0 Å². The number of carbonyl (C=O) groups is 1. The Hall–Kier alpha value is -1.72. The summed E-state index contributed by atoms with van der Waals surface area (Å²) in [5.41, 5.74) is 7.75. The first-order valence-electron chi connectivity index (χ1n) is 5.86. The summed E-state index contributed by atoms with van der Waals surface area (Å²) in [4.78, 5) is 15.4. The van der Waals surface area contributed by atoms with Crippen LogP contribution >= 0.6 is 15.9 Å². The van der Waals surface area contributed by atoms with Crippen molar-refractivity contribution in [3.63, 3.8) is 0 Å². The molecule has 2 aromatic rings. The molecule has 5 heteroatoms. The summed E-state index contributed by atoms with van der Waals surface area (Å²) in [6, 6.07) is 13.1. The molecular weight excluding hydrogens is 306 g/mol. The number of benzene rings is 1. The highest BCUT2D eigenvalue weighted by Gasteiger charge is 2.01. The molecule has 3 N–H and O–H groups in total. The second kappa shape index (κ2) is 6.45. The highest BCUT2D eigenvalue weighted by atomic mass is 79.9. The van der Waals surface area contributed by atoms with Gasteiger partial charge in [-0.1, -0.05) is 18.2 Å². The van der Waals surface area contributed by atoms with Crippen molar-refractivity contribution in [3.8, 4) is 0 Å². The summed E-state index contributed by atoms with van der Waals surface area (Å²) < 4.78 is 0.822. The molecule has 0 atom stereocenters. The number of pyridine rings is 1. The summed E-state index contributed by atoms with van der Waals surface area (Å²) in [6.07, 6.45) is 0. The van der Waals surface area contributed by atoms with E-state index in [1.54, 1.807) is 12.1 Å². The van der Waals surface area contributed by atoms with Gasteiger partial charge in [-0.15, -0.1) is 0 Å². The third-order valence-corrected chi connectivity index (χ3v) is 3.06. The minimum absolute atomic E-state index is 0.407. The van der Waals surface area contributed by atoms with E-state index in [0.29, 0.717) is 18.7 Å². The molecule has 0 spiro atoms. The van der Waals surface area contributed by atoms with Gasteiger partial charge in [0.2, 0.25) is 5.91 Å². The molecule has 0 fully saturated rings. The van der Waals surface area contributed by atoms with Gasteiger partial charge in [-0.05, 0) is 45.8 Å². The summed E-state index contributed by atoms with van der Waals surface area (Å²) >= 11 is 3.33. The molecule has 1 amide bonds. The zero-order valence-electron chi connectivity index (χ0n) is 10.3. The Bertz CT molecular complexity index is 586. The van der Waals surface area contributed by atoms with E-state index in [0.717, 1.165) is 15.9 Å². The second-order valence-electron chi connectivity index (χ2n) is 4.12. The molecule has 2 rings (SSSR count). The minimum atomic E-state index is -0.407. The van der Waals surface area contributed by atoms with E-state index in [2.05, 4.69) is 26.2 Å². The molecule has 0 saturated carbocycles. The molecule has 1 aromatic carbocycles. The van der Waals surface area contributed by atoms with Crippen LogP contribution in [0.5, 0.6) is 0 Å². The van der Waals surface area contributed by atoms with Crippen molar-refractivity contribution in [1.82, 2.24) is 10.3 Å².